The summed E-state index contributed by atoms with van der Waals surface area (Å²) in [6.45, 7) is 18.4. The fourth-order valence-corrected chi connectivity index (χ4v) is 9.36. The Balaban J connectivity index is 1.64. The number of H-pyrrole nitrogens is 2. The van der Waals surface area contributed by atoms with Gasteiger partial charge in [-0.3, -0.25) is 0 Å². The van der Waals surface area contributed by atoms with Crippen LogP contribution in [0.1, 0.15) is 55.4 Å². The van der Waals surface area contributed by atoms with Crippen LogP contribution >= 0.6 is 0 Å². The van der Waals surface area contributed by atoms with Crippen LogP contribution in [0, 0.1) is 46.5 Å². The molecule has 2 aliphatic heterocycles. The van der Waals surface area contributed by atoms with E-state index in [0.717, 1.165) is 0 Å². The molecule has 0 aliphatic carbocycles. The second kappa shape index (κ2) is 19.4. The number of hydrogen-bond acceptors (Lipinski definition) is 14. The Bertz CT molecular complexity index is 3540. The summed E-state index contributed by atoms with van der Waals surface area (Å²) in [6.07, 6.45) is 0. The number of aromatic nitrogens is 8. The normalized spacial score (nSPS) is 11.8. The van der Waals surface area contributed by atoms with Crippen LogP contribution in [0.3, 0.4) is 0 Å². The number of anilines is 8. The molecule has 0 unspecified atom stereocenters. The van der Waals surface area contributed by atoms with E-state index in [1.165, 1.54) is 0 Å². The van der Waals surface area contributed by atoms with Crippen molar-refractivity contribution < 1.29 is 35.1 Å². The van der Waals surface area contributed by atoms with Crippen molar-refractivity contribution in [2.45, 2.75) is 55.4 Å². The molecule has 0 fully saturated rings. The first kappa shape index (κ1) is 49.1. The van der Waals surface area contributed by atoms with Crippen LogP contribution in [0.25, 0.3) is 89.7 Å². The minimum absolute atomic E-state index is 0.00513. The molecular formula is C48H50F8N16. The number of rotatable bonds is 16. The molecular weight excluding hydrogens is 953 g/mol. The quantitative estimate of drug-likeness (QED) is 0.0249. The van der Waals surface area contributed by atoms with Gasteiger partial charge in [-0.25, -0.2) is 65.0 Å². The first-order valence-corrected chi connectivity index (χ1v) is 23.7. The molecule has 9 rings (SSSR count). The van der Waals surface area contributed by atoms with E-state index < -0.39 is 91.4 Å². The van der Waals surface area contributed by atoms with Gasteiger partial charge >= 0.3 is 0 Å². The fraction of sp³-hybridized carbons (Fsp3) is 0.333. The van der Waals surface area contributed by atoms with Crippen LogP contribution in [0.2, 0.25) is 0 Å². The third-order valence-corrected chi connectivity index (χ3v) is 12.0. The third-order valence-electron chi connectivity index (χ3n) is 12.0. The highest BCUT2D eigenvalue weighted by molar-refractivity contribution is 6.24. The number of hydrogen-bond donors (Lipinski definition) is 10. The van der Waals surface area contributed by atoms with E-state index in [0.29, 0.717) is 120 Å². The SMILES string of the molecule is CCNc1c(NCC)c(NCC)c2c(c1NCC)-c1nc-2nc2[nH]c(nc3nc(nc4[nH]c(n1)c1c(F)c(F)c(F)c(F)c41)-c1c(F)c(F)c(F)c(F)c1-3)c1c(NCC)c(NCC)c(NCC)c(NCC)c21. The summed E-state index contributed by atoms with van der Waals surface area (Å²) in [5, 5.41) is 26.3. The standard InChI is InChI=1S/C48H50F8N16/c1-9-57-33-21-23(35(59-11-3)39(63-15-7)37(33)61-13-5)47-70-45(21)68-43-19-17(25(49)29(53)31(55)27(19)51)41(66-43)65-42-18-20(28(52)32(56)30(54)26(18)50)44(67-42)69-46-22-24(48(71-46)72-47)36(60-12-4)40(64-16-8)38(62-14-6)34(22)58-10-2/h57-64H,9-16H2,1-8H3,(H2,65,66,67,68,69,70,71,72). The summed E-state index contributed by atoms with van der Waals surface area (Å²) in [7, 11) is 0. The number of halogens is 8. The summed E-state index contributed by atoms with van der Waals surface area (Å²) in [5.41, 5.74) is 1.46. The third kappa shape index (κ3) is 7.47. The Labute approximate surface area is 406 Å². The molecule has 16 nitrogen and oxygen atoms in total. The molecule has 7 aromatic rings. The Hall–Kier alpha value is -7.92. The minimum atomic E-state index is -2.24. The minimum Gasteiger partial charge on any atom is -0.383 e. The number of aromatic amines is 2. The predicted octanol–water partition coefficient (Wildman–Crippen LogP) is 11.4. The van der Waals surface area contributed by atoms with Gasteiger partial charge in [0.25, 0.3) is 0 Å². The lowest BCUT2D eigenvalue weighted by Gasteiger charge is -2.25. The Morgan fingerprint density at radius 2 is 0.500 bits per heavy atom. The Morgan fingerprint density at radius 1 is 0.264 bits per heavy atom. The zero-order valence-electron chi connectivity index (χ0n) is 40.4. The van der Waals surface area contributed by atoms with Crippen molar-refractivity contribution in [3.63, 3.8) is 0 Å². The molecule has 378 valence electrons. The molecule has 0 saturated carbocycles. The van der Waals surface area contributed by atoms with Crippen LogP contribution < -0.4 is 42.5 Å². The summed E-state index contributed by atoms with van der Waals surface area (Å²) in [4.78, 5) is 34.0. The summed E-state index contributed by atoms with van der Waals surface area (Å²) >= 11 is 0. The largest absolute Gasteiger partial charge is 0.383 e. The molecule has 10 N–H and O–H groups in total. The highest BCUT2D eigenvalue weighted by Crippen LogP contribution is 2.54. The maximum Gasteiger partial charge on any atom is 0.198 e. The van der Waals surface area contributed by atoms with E-state index >= 15 is 35.1 Å². The molecule has 0 saturated heterocycles. The number of nitrogens with one attached hydrogen (secondary N) is 10. The van der Waals surface area contributed by atoms with Gasteiger partial charge in [0.1, 0.15) is 22.6 Å². The smallest absolute Gasteiger partial charge is 0.198 e. The second-order valence-corrected chi connectivity index (χ2v) is 16.4. The second-order valence-electron chi connectivity index (χ2n) is 16.4. The van der Waals surface area contributed by atoms with Gasteiger partial charge in [-0.05, 0) is 55.4 Å². The first-order chi connectivity index (χ1) is 34.7. The van der Waals surface area contributed by atoms with Gasteiger partial charge < -0.3 is 52.5 Å². The first-order valence-electron chi connectivity index (χ1n) is 23.7. The highest BCUT2D eigenvalue weighted by Gasteiger charge is 2.37. The van der Waals surface area contributed by atoms with Crippen molar-refractivity contribution in [2.75, 3.05) is 94.9 Å². The summed E-state index contributed by atoms with van der Waals surface area (Å²) in [5.74, 6) is -18.4. The van der Waals surface area contributed by atoms with Crippen LogP contribution in [0.15, 0.2) is 0 Å². The number of nitrogens with zero attached hydrogens (tertiary/aromatic N) is 6. The molecule has 8 bridgehead atoms. The molecule has 3 aromatic heterocycles. The zero-order chi connectivity index (χ0) is 51.4. The van der Waals surface area contributed by atoms with Crippen LogP contribution in [-0.2, 0) is 0 Å². The Morgan fingerprint density at radius 3 is 0.806 bits per heavy atom. The maximum absolute atomic E-state index is 16.3. The lowest BCUT2D eigenvalue weighted by atomic mass is 9.98. The average molecular weight is 1000 g/mol. The van der Waals surface area contributed by atoms with Crippen molar-refractivity contribution in [3.8, 4) is 45.6 Å². The van der Waals surface area contributed by atoms with Gasteiger partial charge in [-0.15, -0.1) is 0 Å². The topological polar surface area (TPSA) is 205 Å². The van der Waals surface area contributed by atoms with Crippen molar-refractivity contribution in [1.82, 2.24) is 39.9 Å². The van der Waals surface area contributed by atoms with Crippen LogP contribution in [0.4, 0.5) is 80.6 Å². The molecule has 0 spiro atoms. The molecule has 0 atom stereocenters. The molecule has 0 radical (unpaired) electrons. The molecule has 72 heavy (non-hydrogen) atoms. The van der Waals surface area contributed by atoms with E-state index in [2.05, 4.69) is 62.5 Å². The van der Waals surface area contributed by atoms with Gasteiger partial charge in [0.05, 0.1) is 89.3 Å². The van der Waals surface area contributed by atoms with Crippen molar-refractivity contribution in [1.29, 1.82) is 0 Å². The van der Waals surface area contributed by atoms with Crippen molar-refractivity contribution in [2.24, 2.45) is 0 Å². The monoisotopic (exact) mass is 1000 g/mol. The average Bonchev–Trinajstić information content (AvgIpc) is 4.11. The fourth-order valence-electron chi connectivity index (χ4n) is 9.36. The van der Waals surface area contributed by atoms with Crippen LogP contribution in [-0.4, -0.2) is 92.2 Å². The lowest BCUT2D eigenvalue weighted by Crippen LogP contribution is -2.13. The van der Waals surface area contributed by atoms with E-state index in [-0.39, 0.29) is 22.9 Å². The van der Waals surface area contributed by atoms with Crippen molar-refractivity contribution >= 4 is 89.6 Å². The van der Waals surface area contributed by atoms with Gasteiger partial charge in [-0.1, -0.05) is 0 Å². The van der Waals surface area contributed by atoms with Gasteiger partial charge in [0.2, 0.25) is 0 Å². The molecule has 4 aromatic carbocycles. The van der Waals surface area contributed by atoms with E-state index in [9.17, 15) is 0 Å². The number of benzene rings is 4. The van der Waals surface area contributed by atoms with E-state index in [1.54, 1.807) is 0 Å². The molecule has 2 aliphatic rings. The molecule has 24 heteroatoms. The van der Waals surface area contributed by atoms with Gasteiger partial charge in [0, 0.05) is 52.4 Å². The van der Waals surface area contributed by atoms with Crippen molar-refractivity contribution in [3.05, 3.63) is 46.5 Å². The lowest BCUT2D eigenvalue weighted by molar-refractivity contribution is 0.412. The van der Waals surface area contributed by atoms with Crippen LogP contribution in [0.5, 0.6) is 0 Å². The highest BCUT2D eigenvalue weighted by atomic mass is 19.2. The summed E-state index contributed by atoms with van der Waals surface area (Å²) < 4.78 is 127. The number of fused-ring (bicyclic) bond motifs is 20. The Kier molecular flexibility index (Phi) is 13.2. The molecule has 5 heterocycles. The predicted molar refractivity (Wildman–Crippen MR) is 269 cm³/mol. The van der Waals surface area contributed by atoms with Gasteiger partial charge in [0.15, 0.2) is 69.8 Å². The summed E-state index contributed by atoms with van der Waals surface area (Å²) in [6, 6.07) is 0. The van der Waals surface area contributed by atoms with E-state index in [1.807, 2.05) is 55.4 Å². The zero-order valence-corrected chi connectivity index (χ0v) is 40.4. The van der Waals surface area contributed by atoms with Gasteiger partial charge in [-0.2, -0.15) is 0 Å². The molecule has 0 amide bonds. The maximum atomic E-state index is 16.3. The van der Waals surface area contributed by atoms with E-state index in [4.69, 9.17) is 19.9 Å².